The summed E-state index contributed by atoms with van der Waals surface area (Å²) in [6, 6.07) is 95.0. The molecule has 0 aliphatic carbocycles. The number of hydrogen-bond donors (Lipinski definition) is 0. The number of nitriles is 1. The average molecular weight is 934 g/mol. The molecule has 0 fully saturated rings. The van der Waals surface area contributed by atoms with Crippen molar-refractivity contribution in [2.75, 3.05) is 4.90 Å². The Morgan fingerprint density at radius 3 is 1.62 bits per heavy atom. The van der Waals surface area contributed by atoms with Crippen LogP contribution >= 0.6 is 0 Å². The summed E-state index contributed by atoms with van der Waals surface area (Å²) >= 11 is 0. The topological polar surface area (TPSA) is 32.0 Å². The van der Waals surface area contributed by atoms with Gasteiger partial charge in [-0.2, -0.15) is 5.26 Å². The number of anilines is 3. The van der Waals surface area contributed by atoms with Crippen LogP contribution in [0.5, 0.6) is 0 Å². The van der Waals surface area contributed by atoms with E-state index in [0.717, 1.165) is 39.2 Å². The molecule has 72 heavy (non-hydrogen) atoms. The lowest BCUT2D eigenvalue weighted by Gasteiger charge is -2.30. The molecule has 3 nitrogen and oxygen atoms in total. The number of rotatable bonds is 9. The van der Waals surface area contributed by atoms with Crippen molar-refractivity contribution in [3.05, 3.63) is 260 Å². The Labute approximate surface area is 421 Å². The molecule has 0 amide bonds. The van der Waals surface area contributed by atoms with E-state index in [-0.39, 0.29) is 0 Å². The molecule has 13 aromatic rings. The van der Waals surface area contributed by atoms with Gasteiger partial charge in [-0.25, -0.2) is 0 Å². The maximum Gasteiger partial charge on any atom is 0.0991 e. The number of benzene rings is 12. The van der Waals surface area contributed by atoms with Gasteiger partial charge in [0.1, 0.15) is 0 Å². The second-order valence-electron chi connectivity index (χ2n) is 18.7. The highest BCUT2D eigenvalue weighted by molar-refractivity contribution is 6.52. The number of aromatic nitrogens is 1. The molecule has 0 saturated carbocycles. The molecule has 0 atom stereocenters. The average Bonchev–Trinajstić information content (AvgIpc) is 3.78. The smallest absolute Gasteiger partial charge is 0.0991 e. The van der Waals surface area contributed by atoms with Crippen LogP contribution in [0.15, 0.2) is 255 Å². The molecule has 0 unspecified atom stereocenters. The molecule has 0 N–H and O–H groups in total. The maximum absolute atomic E-state index is 10.0. The first-order valence-corrected chi connectivity index (χ1v) is 26.9. The molecular weight excluding hydrogens is 887 g/mol. The van der Waals surface area contributed by atoms with E-state index in [4.69, 9.17) is 0 Å². The van der Waals surface area contributed by atoms with Crippen molar-refractivity contribution in [1.82, 2.24) is 4.57 Å². The zero-order valence-corrected chi connectivity index (χ0v) is 41.2. The van der Waals surface area contributed by atoms with Crippen molar-refractivity contribution < 1.29 is 0 Å². The van der Waals surface area contributed by atoms with Crippen LogP contribution < -0.4 is 10.1 Å². The van der Waals surface area contributed by atoms with Gasteiger partial charge in [-0.1, -0.05) is 200 Å². The second kappa shape index (κ2) is 17.9. The van der Waals surface area contributed by atoms with Crippen LogP contribution in [0.25, 0.3) is 104 Å². The zero-order valence-electron chi connectivity index (χ0n) is 39.8. The third kappa shape index (κ3) is 7.35. The van der Waals surface area contributed by atoms with Crippen LogP contribution in [0.1, 0.15) is 5.56 Å². The van der Waals surface area contributed by atoms with Gasteiger partial charge in [0, 0.05) is 38.6 Å². The highest BCUT2D eigenvalue weighted by atomic mass is 28.2. The standard InChI is InChI=1S/C68H47N3Si/c1-72-56-36-37-61-64(43-56)67(50-30-28-49(29-31-50)58-25-12-19-48-18-8-9-22-57(48)58)59-23-10-11-24-60(59)68(61)70(53-34-26-45(44-69)27-35-53)54-20-13-21-55(42-54)71-65-38-32-51(46-14-4-2-5-15-46)40-62(65)63-41-52(33-39-66(63)71)47-16-6-3-7-17-47/h2-43H,72H2,1H3. The van der Waals surface area contributed by atoms with Gasteiger partial charge in [0.25, 0.3) is 0 Å². The van der Waals surface area contributed by atoms with E-state index < -0.39 is 9.52 Å². The Kier molecular flexibility index (Phi) is 10.6. The van der Waals surface area contributed by atoms with E-state index in [1.54, 1.807) is 0 Å². The normalized spacial score (nSPS) is 11.6. The van der Waals surface area contributed by atoms with Crippen LogP contribution in [-0.4, -0.2) is 14.1 Å². The summed E-state index contributed by atoms with van der Waals surface area (Å²) < 4.78 is 2.42. The summed E-state index contributed by atoms with van der Waals surface area (Å²) in [5, 5.41) is 21.1. The van der Waals surface area contributed by atoms with Crippen molar-refractivity contribution in [2.45, 2.75) is 6.55 Å². The molecule has 1 heterocycles. The molecule has 0 saturated heterocycles. The second-order valence-corrected chi connectivity index (χ2v) is 20.2. The summed E-state index contributed by atoms with van der Waals surface area (Å²) in [6.45, 7) is 2.37. The number of nitrogens with zero attached hydrogens (tertiary/aromatic N) is 3. The Hall–Kier alpha value is -9.27. The summed E-state index contributed by atoms with van der Waals surface area (Å²) in [7, 11) is -0.494. The van der Waals surface area contributed by atoms with E-state index >= 15 is 0 Å². The van der Waals surface area contributed by atoms with Crippen molar-refractivity contribution in [3.8, 4) is 56.3 Å². The zero-order chi connectivity index (χ0) is 48.1. The molecule has 0 radical (unpaired) electrons. The molecule has 0 spiro atoms. The van der Waals surface area contributed by atoms with Gasteiger partial charge >= 0.3 is 0 Å². The molecule has 0 bridgehead atoms. The molecule has 338 valence electrons. The maximum atomic E-state index is 10.0. The molecular formula is C68H47N3Si. The summed E-state index contributed by atoms with van der Waals surface area (Å²) in [5.74, 6) is 0. The lowest BCUT2D eigenvalue weighted by atomic mass is 9.89. The predicted octanol–water partition coefficient (Wildman–Crippen LogP) is 17.1. The van der Waals surface area contributed by atoms with Gasteiger partial charge in [-0.3, -0.25) is 0 Å². The fourth-order valence-electron chi connectivity index (χ4n) is 11.1. The number of hydrogen-bond acceptors (Lipinski definition) is 2. The minimum absolute atomic E-state index is 0.494. The molecule has 0 aliphatic rings. The van der Waals surface area contributed by atoms with E-state index in [0.29, 0.717) is 5.56 Å². The minimum Gasteiger partial charge on any atom is -0.309 e. The lowest BCUT2D eigenvalue weighted by molar-refractivity contribution is 1.17. The van der Waals surface area contributed by atoms with Gasteiger partial charge < -0.3 is 9.47 Å². The van der Waals surface area contributed by atoms with Gasteiger partial charge in [0.2, 0.25) is 0 Å². The van der Waals surface area contributed by atoms with E-state index in [1.165, 1.54) is 87.4 Å². The third-order valence-electron chi connectivity index (χ3n) is 14.5. The molecule has 4 heteroatoms. The molecule has 13 rings (SSSR count). The molecule has 12 aromatic carbocycles. The van der Waals surface area contributed by atoms with Gasteiger partial charge in [0.15, 0.2) is 0 Å². The third-order valence-corrected chi connectivity index (χ3v) is 15.8. The van der Waals surface area contributed by atoms with E-state index in [9.17, 15) is 5.26 Å². The first-order valence-electron chi connectivity index (χ1n) is 24.8. The van der Waals surface area contributed by atoms with Crippen LogP contribution in [0, 0.1) is 11.3 Å². The molecule has 1 aromatic heterocycles. The van der Waals surface area contributed by atoms with Crippen LogP contribution in [-0.2, 0) is 0 Å². The number of fused-ring (bicyclic) bond motifs is 6. The first kappa shape index (κ1) is 42.8. The first-order chi connectivity index (χ1) is 35.6. The van der Waals surface area contributed by atoms with Crippen LogP contribution in [0.4, 0.5) is 17.1 Å². The Bertz CT molecular complexity index is 4140. The lowest BCUT2D eigenvalue weighted by Crippen LogP contribution is -2.14. The van der Waals surface area contributed by atoms with E-state index in [1.807, 2.05) is 12.1 Å². The predicted molar refractivity (Wildman–Crippen MR) is 308 cm³/mol. The van der Waals surface area contributed by atoms with Crippen molar-refractivity contribution >= 4 is 85.9 Å². The fraction of sp³-hybridized carbons (Fsp3) is 0.0147. The Morgan fingerprint density at radius 1 is 0.389 bits per heavy atom. The quantitative estimate of drug-likeness (QED) is 0.107. The molecule has 0 aliphatic heterocycles. The summed E-state index contributed by atoms with van der Waals surface area (Å²) in [4.78, 5) is 2.42. The Morgan fingerprint density at radius 2 is 0.958 bits per heavy atom. The van der Waals surface area contributed by atoms with Gasteiger partial charge in [-0.05, 0) is 133 Å². The van der Waals surface area contributed by atoms with Crippen molar-refractivity contribution in [1.29, 1.82) is 5.26 Å². The van der Waals surface area contributed by atoms with Gasteiger partial charge in [-0.15, -0.1) is 0 Å². The highest BCUT2D eigenvalue weighted by Crippen LogP contribution is 2.49. The minimum atomic E-state index is -0.494. The Balaban J connectivity index is 1.03. The van der Waals surface area contributed by atoms with Gasteiger partial charge in [0.05, 0.1) is 37.9 Å². The fourth-order valence-corrected chi connectivity index (χ4v) is 11.8. The highest BCUT2D eigenvalue weighted by Gasteiger charge is 2.24. The van der Waals surface area contributed by atoms with Crippen molar-refractivity contribution in [2.24, 2.45) is 0 Å². The van der Waals surface area contributed by atoms with Crippen LogP contribution in [0.2, 0.25) is 6.55 Å². The SMILES string of the molecule is C[SiH2]c1ccc2c(N(c3ccc(C#N)cc3)c3cccc(-n4c5ccc(-c6ccccc6)cc5c5cc(-c6ccccc6)ccc54)c3)c3ccccc3c(-c3ccc(-c4cccc5ccccc45)cc3)c2c1. The largest absolute Gasteiger partial charge is 0.309 e. The monoisotopic (exact) mass is 933 g/mol. The van der Waals surface area contributed by atoms with Crippen molar-refractivity contribution in [3.63, 3.8) is 0 Å². The van der Waals surface area contributed by atoms with Crippen LogP contribution in [0.3, 0.4) is 0 Å². The summed E-state index contributed by atoms with van der Waals surface area (Å²) in [5.41, 5.74) is 16.7. The van der Waals surface area contributed by atoms with E-state index in [2.05, 4.69) is 265 Å². The summed E-state index contributed by atoms with van der Waals surface area (Å²) in [6.07, 6.45) is 0.